The number of carbonyl (C=O) groups excluding carboxylic acids is 1. The molecule has 1 aromatic heterocycles. The Balaban J connectivity index is 2.99. The number of nitrogens with two attached hydrogens (primary N) is 1. The van der Waals surface area contributed by atoms with Crippen LogP contribution < -0.4 is 11.1 Å². The topological polar surface area (TPSA) is 72.9 Å². The number of nitrogen functional groups attached to an aromatic ring is 1. The molecule has 80 valence electrons. The number of hydrogen-bond donors (Lipinski definition) is 2. The van der Waals surface area contributed by atoms with Gasteiger partial charge in [0.2, 0.25) is 0 Å². The number of nitrogens with one attached hydrogen (secondary N) is 1. The van der Waals surface area contributed by atoms with Crippen LogP contribution in [0.2, 0.25) is 0 Å². The fourth-order valence-electron chi connectivity index (χ4n) is 1.34. The van der Waals surface area contributed by atoms with E-state index in [1.54, 1.807) is 7.05 Å². The number of nitrogens with zero attached hydrogens (tertiary/aromatic N) is 2. The van der Waals surface area contributed by atoms with E-state index in [-0.39, 0.29) is 12.5 Å². The first-order valence-corrected chi connectivity index (χ1v) is 4.64. The predicted molar refractivity (Wildman–Crippen MR) is 58.2 cm³/mol. The summed E-state index contributed by atoms with van der Waals surface area (Å²) in [5, 5.41) is 6.69. The van der Waals surface area contributed by atoms with Crippen LogP contribution in [0, 0.1) is 12.3 Å². The van der Waals surface area contributed by atoms with Gasteiger partial charge in [0.25, 0.3) is 5.91 Å². The summed E-state index contributed by atoms with van der Waals surface area (Å²) in [4.78, 5) is 11.6. The molecule has 5 heteroatoms. The maximum Gasteiger partial charge on any atom is 0.272 e. The molecular formula is C10H14N4O. The summed E-state index contributed by atoms with van der Waals surface area (Å²) in [5.41, 5.74) is 7.31. The lowest BCUT2D eigenvalue weighted by atomic mass is 10.2. The van der Waals surface area contributed by atoms with Crippen LogP contribution in [0.1, 0.15) is 23.1 Å². The van der Waals surface area contributed by atoms with E-state index in [1.165, 1.54) is 4.68 Å². The Kier molecular flexibility index (Phi) is 3.34. The first-order chi connectivity index (χ1) is 7.11. The molecule has 0 fully saturated rings. The summed E-state index contributed by atoms with van der Waals surface area (Å²) < 4.78 is 1.47. The molecule has 0 aliphatic rings. The van der Waals surface area contributed by atoms with Gasteiger partial charge in [0, 0.05) is 7.05 Å². The number of aryl methyl sites for hydroxylation is 2. The lowest BCUT2D eigenvalue weighted by molar-refractivity contribution is 0.0950. The first-order valence-electron chi connectivity index (χ1n) is 4.64. The van der Waals surface area contributed by atoms with Gasteiger partial charge in [0.15, 0.2) is 0 Å². The van der Waals surface area contributed by atoms with Crippen LogP contribution in [-0.4, -0.2) is 22.2 Å². The number of aromatic nitrogens is 2. The molecule has 0 aliphatic heterocycles. The van der Waals surface area contributed by atoms with E-state index in [4.69, 9.17) is 12.2 Å². The number of terminal acetylenes is 1. The number of hydrogen-bond acceptors (Lipinski definition) is 3. The van der Waals surface area contributed by atoms with Gasteiger partial charge in [-0.1, -0.05) is 12.8 Å². The van der Waals surface area contributed by atoms with Gasteiger partial charge >= 0.3 is 0 Å². The van der Waals surface area contributed by atoms with E-state index < -0.39 is 0 Å². The van der Waals surface area contributed by atoms with Crippen LogP contribution in [0.15, 0.2) is 0 Å². The minimum atomic E-state index is -0.292. The Bertz CT molecular complexity index is 414. The molecule has 0 unspecified atom stereocenters. The number of anilines is 1. The Hall–Kier alpha value is -1.96. The molecule has 1 heterocycles. The molecule has 5 nitrogen and oxygen atoms in total. The molecule has 0 saturated heterocycles. The van der Waals surface area contributed by atoms with Crippen LogP contribution in [0.4, 0.5) is 5.69 Å². The monoisotopic (exact) mass is 206 g/mol. The van der Waals surface area contributed by atoms with Crippen molar-refractivity contribution in [1.29, 1.82) is 0 Å². The average Bonchev–Trinajstić information content (AvgIpc) is 2.50. The SMILES string of the molecule is C#CCNC(=O)c1c(N)c(CC)nn1C. The molecular weight excluding hydrogens is 192 g/mol. The molecule has 1 rings (SSSR count). The molecule has 0 bridgehead atoms. The van der Waals surface area contributed by atoms with Gasteiger partial charge in [-0.05, 0) is 6.42 Å². The molecule has 15 heavy (non-hydrogen) atoms. The molecule has 1 aromatic rings. The van der Waals surface area contributed by atoms with Crippen molar-refractivity contribution in [1.82, 2.24) is 15.1 Å². The van der Waals surface area contributed by atoms with E-state index in [2.05, 4.69) is 16.3 Å². The van der Waals surface area contributed by atoms with Gasteiger partial charge in [-0.3, -0.25) is 9.48 Å². The Morgan fingerprint density at radius 1 is 1.73 bits per heavy atom. The molecule has 1 amide bonds. The highest BCUT2D eigenvalue weighted by Gasteiger charge is 2.18. The molecule has 0 atom stereocenters. The van der Waals surface area contributed by atoms with Crippen LogP contribution >= 0.6 is 0 Å². The van der Waals surface area contributed by atoms with Crippen molar-refractivity contribution in [2.45, 2.75) is 13.3 Å². The third-order valence-corrected chi connectivity index (χ3v) is 2.06. The van der Waals surface area contributed by atoms with Gasteiger partial charge in [0.1, 0.15) is 5.69 Å². The summed E-state index contributed by atoms with van der Waals surface area (Å²) in [7, 11) is 1.68. The Morgan fingerprint density at radius 3 is 2.87 bits per heavy atom. The second-order valence-corrected chi connectivity index (χ2v) is 3.07. The molecule has 0 saturated carbocycles. The van der Waals surface area contributed by atoms with Gasteiger partial charge in [-0.2, -0.15) is 5.10 Å². The maximum absolute atomic E-state index is 11.6. The van der Waals surface area contributed by atoms with Crippen molar-refractivity contribution in [3.8, 4) is 12.3 Å². The predicted octanol–water partition coefficient (Wildman–Crippen LogP) is -0.0723. The third-order valence-electron chi connectivity index (χ3n) is 2.06. The van der Waals surface area contributed by atoms with E-state index in [9.17, 15) is 4.79 Å². The summed E-state index contributed by atoms with van der Waals surface area (Å²) >= 11 is 0. The lowest BCUT2D eigenvalue weighted by Gasteiger charge is -2.02. The second kappa shape index (κ2) is 4.51. The zero-order valence-corrected chi connectivity index (χ0v) is 8.87. The Morgan fingerprint density at radius 2 is 2.40 bits per heavy atom. The first kappa shape index (κ1) is 11.1. The smallest absolute Gasteiger partial charge is 0.272 e. The molecule has 0 aliphatic carbocycles. The molecule has 0 radical (unpaired) electrons. The molecule has 0 aromatic carbocycles. The highest BCUT2D eigenvalue weighted by Crippen LogP contribution is 2.16. The lowest BCUT2D eigenvalue weighted by Crippen LogP contribution is -2.26. The normalized spacial score (nSPS) is 9.67. The number of amides is 1. The van der Waals surface area contributed by atoms with Gasteiger partial charge in [-0.25, -0.2) is 0 Å². The fourth-order valence-corrected chi connectivity index (χ4v) is 1.34. The third kappa shape index (κ3) is 2.10. The van der Waals surface area contributed by atoms with Crippen molar-refractivity contribution in [3.63, 3.8) is 0 Å². The van der Waals surface area contributed by atoms with E-state index in [1.807, 2.05) is 6.92 Å². The van der Waals surface area contributed by atoms with E-state index >= 15 is 0 Å². The average molecular weight is 206 g/mol. The van der Waals surface area contributed by atoms with Crippen LogP contribution in [0.3, 0.4) is 0 Å². The zero-order chi connectivity index (χ0) is 11.4. The minimum Gasteiger partial charge on any atom is -0.395 e. The summed E-state index contributed by atoms with van der Waals surface area (Å²) in [5.74, 6) is 2.03. The van der Waals surface area contributed by atoms with Crippen molar-refractivity contribution in [2.24, 2.45) is 7.05 Å². The highest BCUT2D eigenvalue weighted by molar-refractivity contribution is 5.98. The van der Waals surface area contributed by atoms with Crippen LogP contribution in [0.25, 0.3) is 0 Å². The maximum atomic E-state index is 11.6. The quantitative estimate of drug-likeness (QED) is 0.680. The summed E-state index contributed by atoms with van der Waals surface area (Å²) in [6.45, 7) is 2.12. The second-order valence-electron chi connectivity index (χ2n) is 3.07. The molecule has 3 N–H and O–H groups in total. The van der Waals surface area contributed by atoms with Crippen LogP contribution in [0.5, 0.6) is 0 Å². The molecule has 0 spiro atoms. The van der Waals surface area contributed by atoms with Crippen molar-refractivity contribution in [3.05, 3.63) is 11.4 Å². The summed E-state index contributed by atoms with van der Waals surface area (Å²) in [6.07, 6.45) is 5.74. The minimum absolute atomic E-state index is 0.185. The van der Waals surface area contributed by atoms with E-state index in [0.717, 1.165) is 5.69 Å². The van der Waals surface area contributed by atoms with Crippen molar-refractivity contribution >= 4 is 11.6 Å². The number of rotatable bonds is 3. The van der Waals surface area contributed by atoms with E-state index in [0.29, 0.717) is 17.8 Å². The zero-order valence-electron chi connectivity index (χ0n) is 8.87. The van der Waals surface area contributed by atoms with Gasteiger partial charge < -0.3 is 11.1 Å². The van der Waals surface area contributed by atoms with Gasteiger partial charge in [-0.15, -0.1) is 6.42 Å². The fraction of sp³-hybridized carbons (Fsp3) is 0.400. The largest absolute Gasteiger partial charge is 0.395 e. The Labute approximate surface area is 88.6 Å². The number of carbonyl (C=O) groups is 1. The van der Waals surface area contributed by atoms with Crippen molar-refractivity contribution in [2.75, 3.05) is 12.3 Å². The standard InChI is InChI=1S/C10H14N4O/c1-4-6-12-10(15)9-8(11)7(5-2)13-14(9)3/h1H,5-6,11H2,2-3H3,(H,12,15). The van der Waals surface area contributed by atoms with Crippen molar-refractivity contribution < 1.29 is 4.79 Å². The highest BCUT2D eigenvalue weighted by atomic mass is 16.2. The van der Waals surface area contributed by atoms with Gasteiger partial charge in [0.05, 0.1) is 17.9 Å². The van der Waals surface area contributed by atoms with Crippen LogP contribution in [-0.2, 0) is 13.5 Å². The summed E-state index contributed by atoms with van der Waals surface area (Å²) in [6, 6.07) is 0.